The monoisotopic (exact) mass is 212 g/mol. The minimum absolute atomic E-state index is 0.192. The van der Waals surface area contributed by atoms with Gasteiger partial charge in [-0.25, -0.2) is 0 Å². The predicted octanol–water partition coefficient (Wildman–Crippen LogP) is 1.76. The molecule has 0 unspecified atom stereocenters. The fourth-order valence-corrected chi connectivity index (χ4v) is 2.20. The van der Waals surface area contributed by atoms with Crippen LogP contribution >= 0.6 is 0 Å². The van der Waals surface area contributed by atoms with Crippen molar-refractivity contribution < 1.29 is 4.79 Å². The Morgan fingerprint density at radius 1 is 1.33 bits per heavy atom. The molecule has 3 nitrogen and oxygen atoms in total. The third-order valence-corrected chi connectivity index (χ3v) is 3.53. The van der Waals surface area contributed by atoms with Crippen LogP contribution in [-0.2, 0) is 4.79 Å². The molecule has 88 valence electrons. The fourth-order valence-electron chi connectivity index (χ4n) is 2.20. The predicted molar refractivity (Wildman–Crippen MR) is 62.5 cm³/mol. The van der Waals surface area contributed by atoms with Crippen molar-refractivity contribution in [3.05, 3.63) is 0 Å². The van der Waals surface area contributed by atoms with Crippen LogP contribution in [0.1, 0.15) is 46.0 Å². The Morgan fingerprint density at radius 2 is 1.87 bits per heavy atom. The van der Waals surface area contributed by atoms with Crippen LogP contribution in [0.4, 0.5) is 0 Å². The zero-order valence-electron chi connectivity index (χ0n) is 10.3. The first kappa shape index (κ1) is 12.5. The van der Waals surface area contributed by atoms with Crippen LogP contribution in [0.15, 0.2) is 0 Å². The normalized spacial score (nSPS) is 18.9. The molecule has 0 heterocycles. The fraction of sp³-hybridized carbons (Fsp3) is 0.917. The van der Waals surface area contributed by atoms with Gasteiger partial charge in [-0.2, -0.15) is 0 Å². The van der Waals surface area contributed by atoms with Crippen LogP contribution < -0.4 is 5.73 Å². The molecule has 1 aliphatic rings. The minimum Gasteiger partial charge on any atom is -0.342 e. The van der Waals surface area contributed by atoms with E-state index in [-0.39, 0.29) is 5.91 Å². The molecule has 1 amide bonds. The molecule has 0 aromatic rings. The lowest BCUT2D eigenvalue weighted by molar-refractivity contribution is -0.141. The Kier molecular flexibility index (Phi) is 4.14. The van der Waals surface area contributed by atoms with Crippen LogP contribution in [0.2, 0.25) is 0 Å². The number of nitrogens with zero attached hydrogens (tertiary/aromatic N) is 1. The molecular weight excluding hydrogens is 188 g/mol. The molecule has 0 aliphatic heterocycles. The average molecular weight is 212 g/mol. The van der Waals surface area contributed by atoms with Crippen LogP contribution in [-0.4, -0.2) is 30.4 Å². The minimum atomic E-state index is -0.411. The number of carbonyl (C=O) groups is 1. The van der Waals surface area contributed by atoms with Crippen LogP contribution in [0.25, 0.3) is 0 Å². The Labute approximate surface area is 93.0 Å². The van der Waals surface area contributed by atoms with Crippen LogP contribution in [0.3, 0.4) is 0 Å². The summed E-state index contributed by atoms with van der Waals surface area (Å²) in [6.07, 6.45) is 6.14. The molecule has 1 rings (SSSR count). The molecule has 0 atom stereocenters. The van der Waals surface area contributed by atoms with E-state index in [4.69, 9.17) is 5.73 Å². The highest BCUT2D eigenvalue weighted by Gasteiger charge is 2.32. The highest BCUT2D eigenvalue weighted by atomic mass is 16.2. The summed E-state index contributed by atoms with van der Waals surface area (Å²) >= 11 is 0. The van der Waals surface area contributed by atoms with Crippen molar-refractivity contribution in [2.75, 3.05) is 13.6 Å². The highest BCUT2D eigenvalue weighted by molar-refractivity contribution is 5.82. The van der Waals surface area contributed by atoms with E-state index in [2.05, 4.69) is 0 Å². The molecule has 2 N–H and O–H groups in total. The summed E-state index contributed by atoms with van der Waals surface area (Å²) in [7, 11) is 1.93. The first-order valence-corrected chi connectivity index (χ1v) is 5.96. The average Bonchev–Trinajstić information content (AvgIpc) is 2.28. The first-order chi connectivity index (χ1) is 6.99. The number of hydrogen-bond acceptors (Lipinski definition) is 2. The summed E-state index contributed by atoms with van der Waals surface area (Å²) in [6, 6.07) is 0.442. The number of nitrogens with two attached hydrogens (primary N) is 1. The maximum Gasteiger partial charge on any atom is 0.229 e. The largest absolute Gasteiger partial charge is 0.342 e. The first-order valence-electron chi connectivity index (χ1n) is 5.96. The topological polar surface area (TPSA) is 46.3 Å². The highest BCUT2D eigenvalue weighted by Crippen LogP contribution is 2.25. The molecule has 1 saturated carbocycles. The second kappa shape index (κ2) is 4.97. The van der Waals surface area contributed by atoms with Gasteiger partial charge in [-0.05, 0) is 26.7 Å². The van der Waals surface area contributed by atoms with Crippen molar-refractivity contribution in [2.45, 2.75) is 52.0 Å². The SMILES string of the molecule is CN(C(=O)C(C)(C)CN)C1CCCCC1. The van der Waals surface area contributed by atoms with Crippen molar-refractivity contribution in [3.8, 4) is 0 Å². The molecular formula is C12H24N2O. The summed E-state index contributed by atoms with van der Waals surface area (Å²) in [5, 5.41) is 0. The maximum absolute atomic E-state index is 12.1. The lowest BCUT2D eigenvalue weighted by Gasteiger charge is -2.36. The second-order valence-electron chi connectivity index (χ2n) is 5.30. The number of amides is 1. The molecule has 0 radical (unpaired) electrons. The number of hydrogen-bond donors (Lipinski definition) is 1. The van der Waals surface area contributed by atoms with Gasteiger partial charge >= 0.3 is 0 Å². The molecule has 0 spiro atoms. The molecule has 0 bridgehead atoms. The zero-order chi connectivity index (χ0) is 11.5. The summed E-state index contributed by atoms with van der Waals surface area (Å²) < 4.78 is 0. The zero-order valence-corrected chi connectivity index (χ0v) is 10.3. The Morgan fingerprint density at radius 3 is 2.33 bits per heavy atom. The van der Waals surface area contributed by atoms with E-state index < -0.39 is 5.41 Å². The van der Waals surface area contributed by atoms with E-state index in [1.54, 1.807) is 0 Å². The number of carbonyl (C=O) groups excluding carboxylic acids is 1. The van der Waals surface area contributed by atoms with Crippen molar-refractivity contribution in [2.24, 2.45) is 11.1 Å². The molecule has 0 aromatic carbocycles. The number of rotatable bonds is 3. The molecule has 3 heteroatoms. The van der Waals surface area contributed by atoms with Gasteiger partial charge in [0.15, 0.2) is 0 Å². The van der Waals surface area contributed by atoms with Crippen molar-refractivity contribution in [3.63, 3.8) is 0 Å². The van der Waals surface area contributed by atoms with Gasteiger partial charge in [0, 0.05) is 19.6 Å². The van der Waals surface area contributed by atoms with E-state index in [1.807, 2.05) is 25.8 Å². The lowest BCUT2D eigenvalue weighted by atomic mass is 9.88. The van der Waals surface area contributed by atoms with Gasteiger partial charge in [0.25, 0.3) is 0 Å². The van der Waals surface area contributed by atoms with Crippen LogP contribution in [0, 0.1) is 5.41 Å². The van der Waals surface area contributed by atoms with Crippen molar-refractivity contribution >= 4 is 5.91 Å². The van der Waals surface area contributed by atoms with Crippen molar-refractivity contribution in [1.82, 2.24) is 4.90 Å². The summed E-state index contributed by atoms with van der Waals surface area (Å²) in [6.45, 7) is 4.27. The third-order valence-electron chi connectivity index (χ3n) is 3.53. The maximum atomic E-state index is 12.1. The third kappa shape index (κ3) is 2.94. The van der Waals surface area contributed by atoms with Gasteiger partial charge in [-0.3, -0.25) is 4.79 Å². The molecule has 0 aromatic heterocycles. The van der Waals surface area contributed by atoms with Gasteiger partial charge in [-0.1, -0.05) is 19.3 Å². The smallest absolute Gasteiger partial charge is 0.229 e. The van der Waals surface area contributed by atoms with Gasteiger partial charge in [0.2, 0.25) is 5.91 Å². The van der Waals surface area contributed by atoms with E-state index >= 15 is 0 Å². The van der Waals surface area contributed by atoms with E-state index in [0.717, 1.165) is 12.8 Å². The molecule has 1 aliphatic carbocycles. The van der Waals surface area contributed by atoms with Gasteiger partial charge in [0.1, 0.15) is 0 Å². The van der Waals surface area contributed by atoms with Gasteiger partial charge in [0.05, 0.1) is 5.41 Å². The summed E-state index contributed by atoms with van der Waals surface area (Å²) in [5.74, 6) is 0.192. The molecule has 0 saturated heterocycles. The second-order valence-corrected chi connectivity index (χ2v) is 5.30. The van der Waals surface area contributed by atoms with Gasteiger partial charge < -0.3 is 10.6 Å². The summed E-state index contributed by atoms with van der Waals surface area (Å²) in [5.41, 5.74) is 5.22. The van der Waals surface area contributed by atoms with Gasteiger partial charge in [-0.15, -0.1) is 0 Å². The standard InChI is InChI=1S/C12H24N2O/c1-12(2,9-13)11(15)14(3)10-7-5-4-6-8-10/h10H,4-9,13H2,1-3H3. The van der Waals surface area contributed by atoms with Crippen molar-refractivity contribution in [1.29, 1.82) is 0 Å². The molecule has 1 fully saturated rings. The Hall–Kier alpha value is -0.570. The van der Waals surface area contributed by atoms with E-state index in [1.165, 1.54) is 19.3 Å². The Bertz CT molecular complexity index is 220. The lowest BCUT2D eigenvalue weighted by Crippen LogP contribution is -2.47. The molecule has 15 heavy (non-hydrogen) atoms. The summed E-state index contributed by atoms with van der Waals surface area (Å²) in [4.78, 5) is 14.1. The van der Waals surface area contributed by atoms with E-state index in [0.29, 0.717) is 12.6 Å². The Balaban J connectivity index is 2.58. The van der Waals surface area contributed by atoms with Crippen LogP contribution in [0.5, 0.6) is 0 Å². The quantitative estimate of drug-likeness (QED) is 0.775. The van der Waals surface area contributed by atoms with E-state index in [9.17, 15) is 4.79 Å².